The highest BCUT2D eigenvalue weighted by Crippen LogP contribution is 2.18. The Kier molecular flexibility index (Phi) is 3.75. The molecule has 0 aliphatic carbocycles. The van der Waals surface area contributed by atoms with Gasteiger partial charge in [-0.15, -0.1) is 11.3 Å². The van der Waals surface area contributed by atoms with E-state index >= 15 is 0 Å². The zero-order valence-corrected chi connectivity index (χ0v) is 12.9. The van der Waals surface area contributed by atoms with Crippen LogP contribution in [0.25, 0.3) is 10.9 Å². The molecule has 0 unspecified atom stereocenters. The number of thiazole rings is 1. The standard InChI is InChI=1S/C16H17N3OS/c1-10-11(2)21-16(19-10)9-18-15(20)7-12-8-17-14-6-4-3-5-13(12)14/h3-6,8,17H,7,9H2,1-2H3,(H,18,20). The predicted octanol–water partition coefficient (Wildman–Crippen LogP) is 3.10. The third-order valence-electron chi connectivity index (χ3n) is 3.54. The van der Waals surface area contributed by atoms with Crippen LogP contribution in [0.2, 0.25) is 0 Å². The first-order valence-electron chi connectivity index (χ1n) is 6.88. The summed E-state index contributed by atoms with van der Waals surface area (Å²) >= 11 is 1.63. The lowest BCUT2D eigenvalue weighted by Crippen LogP contribution is -2.24. The first kappa shape index (κ1) is 13.8. The van der Waals surface area contributed by atoms with E-state index in [-0.39, 0.29) is 5.91 Å². The van der Waals surface area contributed by atoms with Crippen molar-refractivity contribution in [3.8, 4) is 0 Å². The maximum atomic E-state index is 12.1. The lowest BCUT2D eigenvalue weighted by Gasteiger charge is -2.02. The first-order valence-corrected chi connectivity index (χ1v) is 7.69. The molecular weight excluding hydrogens is 282 g/mol. The Balaban J connectivity index is 1.64. The maximum absolute atomic E-state index is 12.1. The van der Waals surface area contributed by atoms with Crippen molar-refractivity contribution >= 4 is 28.1 Å². The highest BCUT2D eigenvalue weighted by atomic mass is 32.1. The minimum atomic E-state index is 0.0188. The van der Waals surface area contributed by atoms with Crippen LogP contribution in [-0.2, 0) is 17.8 Å². The van der Waals surface area contributed by atoms with Gasteiger partial charge < -0.3 is 10.3 Å². The van der Waals surface area contributed by atoms with E-state index in [4.69, 9.17) is 0 Å². The molecule has 0 bridgehead atoms. The molecule has 0 saturated heterocycles. The van der Waals surface area contributed by atoms with Gasteiger partial charge >= 0.3 is 0 Å². The van der Waals surface area contributed by atoms with Gasteiger partial charge in [-0.05, 0) is 25.5 Å². The van der Waals surface area contributed by atoms with E-state index in [2.05, 4.69) is 15.3 Å². The third kappa shape index (κ3) is 2.97. The number of carbonyl (C=O) groups excluding carboxylic acids is 1. The van der Waals surface area contributed by atoms with E-state index in [1.165, 1.54) is 4.88 Å². The average molecular weight is 299 g/mol. The minimum Gasteiger partial charge on any atom is -0.361 e. The number of para-hydroxylation sites is 1. The molecule has 0 atom stereocenters. The summed E-state index contributed by atoms with van der Waals surface area (Å²) in [6, 6.07) is 8.01. The second-order valence-corrected chi connectivity index (χ2v) is 6.35. The van der Waals surface area contributed by atoms with Crippen molar-refractivity contribution in [2.24, 2.45) is 0 Å². The molecule has 5 heteroatoms. The van der Waals surface area contributed by atoms with Crippen molar-refractivity contribution < 1.29 is 4.79 Å². The van der Waals surface area contributed by atoms with Crippen LogP contribution in [0.15, 0.2) is 30.5 Å². The van der Waals surface area contributed by atoms with Crippen molar-refractivity contribution in [2.45, 2.75) is 26.8 Å². The highest BCUT2D eigenvalue weighted by Gasteiger charge is 2.09. The lowest BCUT2D eigenvalue weighted by molar-refractivity contribution is -0.120. The van der Waals surface area contributed by atoms with Crippen LogP contribution >= 0.6 is 11.3 Å². The summed E-state index contributed by atoms with van der Waals surface area (Å²) in [5.41, 5.74) is 3.13. The number of amides is 1. The fourth-order valence-corrected chi connectivity index (χ4v) is 3.18. The highest BCUT2D eigenvalue weighted by molar-refractivity contribution is 7.11. The smallest absolute Gasteiger partial charge is 0.224 e. The molecule has 108 valence electrons. The van der Waals surface area contributed by atoms with Gasteiger partial charge in [-0.2, -0.15) is 0 Å². The Bertz CT molecular complexity index is 768. The number of benzene rings is 1. The van der Waals surface area contributed by atoms with Crippen molar-refractivity contribution in [1.29, 1.82) is 0 Å². The van der Waals surface area contributed by atoms with Crippen molar-refractivity contribution in [3.63, 3.8) is 0 Å². The van der Waals surface area contributed by atoms with Crippen LogP contribution in [0.3, 0.4) is 0 Å². The van der Waals surface area contributed by atoms with Crippen LogP contribution in [0, 0.1) is 13.8 Å². The summed E-state index contributed by atoms with van der Waals surface area (Å²) in [7, 11) is 0. The second kappa shape index (κ2) is 5.69. The van der Waals surface area contributed by atoms with E-state index in [0.29, 0.717) is 13.0 Å². The number of nitrogens with zero attached hydrogens (tertiary/aromatic N) is 1. The number of aromatic amines is 1. The number of carbonyl (C=O) groups is 1. The number of nitrogens with one attached hydrogen (secondary N) is 2. The van der Waals surface area contributed by atoms with Crippen LogP contribution in [-0.4, -0.2) is 15.9 Å². The molecular formula is C16H17N3OS. The monoisotopic (exact) mass is 299 g/mol. The third-order valence-corrected chi connectivity index (χ3v) is 4.61. The van der Waals surface area contributed by atoms with Gasteiger partial charge in [0.25, 0.3) is 0 Å². The van der Waals surface area contributed by atoms with E-state index in [0.717, 1.165) is 27.2 Å². The van der Waals surface area contributed by atoms with Crippen LogP contribution in [0.1, 0.15) is 21.1 Å². The number of hydrogen-bond acceptors (Lipinski definition) is 3. The van der Waals surface area contributed by atoms with E-state index in [1.807, 2.05) is 44.3 Å². The first-order chi connectivity index (χ1) is 10.1. The van der Waals surface area contributed by atoms with Crippen molar-refractivity contribution in [1.82, 2.24) is 15.3 Å². The summed E-state index contributed by atoms with van der Waals surface area (Å²) in [5, 5.41) is 5.00. The van der Waals surface area contributed by atoms with E-state index < -0.39 is 0 Å². The molecule has 2 N–H and O–H groups in total. The Labute approximate surface area is 127 Å². The van der Waals surface area contributed by atoms with Crippen LogP contribution in [0.4, 0.5) is 0 Å². The fraction of sp³-hybridized carbons (Fsp3) is 0.250. The van der Waals surface area contributed by atoms with Gasteiger partial charge in [-0.3, -0.25) is 4.79 Å². The summed E-state index contributed by atoms with van der Waals surface area (Å²) in [6.45, 7) is 4.54. The molecule has 2 aromatic heterocycles. The number of hydrogen-bond donors (Lipinski definition) is 2. The predicted molar refractivity (Wildman–Crippen MR) is 85.4 cm³/mol. The average Bonchev–Trinajstić information content (AvgIpc) is 3.02. The molecule has 4 nitrogen and oxygen atoms in total. The number of aryl methyl sites for hydroxylation is 2. The van der Waals surface area contributed by atoms with Crippen LogP contribution < -0.4 is 5.32 Å². The summed E-state index contributed by atoms with van der Waals surface area (Å²) in [6.07, 6.45) is 2.29. The number of H-pyrrole nitrogens is 1. The maximum Gasteiger partial charge on any atom is 0.224 e. The van der Waals surface area contributed by atoms with Crippen molar-refractivity contribution in [3.05, 3.63) is 51.6 Å². The van der Waals surface area contributed by atoms with Crippen LogP contribution in [0.5, 0.6) is 0 Å². The summed E-state index contributed by atoms with van der Waals surface area (Å²) in [4.78, 5) is 20.9. The van der Waals surface area contributed by atoms with Gasteiger partial charge in [0.15, 0.2) is 0 Å². The molecule has 0 spiro atoms. The second-order valence-electron chi connectivity index (χ2n) is 5.06. The molecule has 0 fully saturated rings. The topological polar surface area (TPSA) is 57.8 Å². The van der Waals surface area contributed by atoms with Gasteiger partial charge in [0, 0.05) is 22.0 Å². The number of aromatic nitrogens is 2. The number of rotatable bonds is 4. The summed E-state index contributed by atoms with van der Waals surface area (Å²) < 4.78 is 0. The van der Waals surface area contributed by atoms with Crippen molar-refractivity contribution in [2.75, 3.05) is 0 Å². The molecule has 0 saturated carbocycles. The Morgan fingerprint density at radius 1 is 1.33 bits per heavy atom. The molecule has 0 aliphatic heterocycles. The molecule has 0 radical (unpaired) electrons. The molecule has 1 aromatic carbocycles. The zero-order valence-electron chi connectivity index (χ0n) is 12.1. The molecule has 1 amide bonds. The minimum absolute atomic E-state index is 0.0188. The van der Waals surface area contributed by atoms with Gasteiger partial charge in [0.1, 0.15) is 5.01 Å². The quantitative estimate of drug-likeness (QED) is 0.777. The zero-order chi connectivity index (χ0) is 14.8. The number of fused-ring (bicyclic) bond motifs is 1. The van der Waals surface area contributed by atoms with Gasteiger partial charge in [0.05, 0.1) is 18.7 Å². The van der Waals surface area contributed by atoms with Gasteiger partial charge in [0.2, 0.25) is 5.91 Å². The lowest BCUT2D eigenvalue weighted by atomic mass is 10.1. The summed E-state index contributed by atoms with van der Waals surface area (Å²) in [5.74, 6) is 0.0188. The molecule has 2 heterocycles. The molecule has 3 rings (SSSR count). The Morgan fingerprint density at radius 2 is 2.14 bits per heavy atom. The largest absolute Gasteiger partial charge is 0.361 e. The van der Waals surface area contributed by atoms with E-state index in [1.54, 1.807) is 11.3 Å². The Hall–Kier alpha value is -2.14. The molecule has 21 heavy (non-hydrogen) atoms. The van der Waals surface area contributed by atoms with Gasteiger partial charge in [-0.1, -0.05) is 18.2 Å². The van der Waals surface area contributed by atoms with Gasteiger partial charge in [-0.25, -0.2) is 4.98 Å². The van der Waals surface area contributed by atoms with E-state index in [9.17, 15) is 4.79 Å². The Morgan fingerprint density at radius 3 is 2.90 bits per heavy atom. The molecule has 3 aromatic rings. The SMILES string of the molecule is Cc1nc(CNC(=O)Cc2c[nH]c3ccccc23)sc1C. The molecule has 0 aliphatic rings. The normalized spacial score (nSPS) is 11.0. The fourth-order valence-electron chi connectivity index (χ4n) is 2.30.